The maximum atomic E-state index is 12.6. The van der Waals surface area contributed by atoms with Crippen LogP contribution in [0.1, 0.15) is 29.8 Å². The lowest BCUT2D eigenvalue weighted by atomic mass is 10.1. The molecule has 1 aliphatic heterocycles. The molecule has 25 heavy (non-hydrogen) atoms. The number of hydrogen-bond donors (Lipinski definition) is 0. The van der Waals surface area contributed by atoms with E-state index in [-0.39, 0.29) is 18.6 Å². The molecular weight excluding hydrogens is 318 g/mol. The molecule has 1 amide bonds. The predicted molar refractivity (Wildman–Crippen MR) is 95.0 cm³/mol. The largest absolute Gasteiger partial charge is 0.484 e. The van der Waals surface area contributed by atoms with Gasteiger partial charge in [0.15, 0.2) is 6.61 Å². The van der Waals surface area contributed by atoms with E-state index in [2.05, 4.69) is 0 Å². The third-order valence-electron chi connectivity index (χ3n) is 4.18. The molecular formula is C20H21NO4. The number of hydrogen-bond acceptors (Lipinski definition) is 4. The van der Waals surface area contributed by atoms with Crippen LogP contribution < -0.4 is 9.64 Å². The molecule has 1 atom stereocenters. The zero-order valence-corrected chi connectivity index (χ0v) is 14.4. The smallest absolute Gasteiger partial charge is 0.338 e. The Labute approximate surface area is 147 Å². The van der Waals surface area contributed by atoms with Crippen LogP contribution in [0, 0.1) is 0 Å². The summed E-state index contributed by atoms with van der Waals surface area (Å²) in [7, 11) is 0. The topological polar surface area (TPSA) is 55.8 Å². The van der Waals surface area contributed by atoms with E-state index in [9.17, 15) is 9.59 Å². The molecule has 0 saturated carbocycles. The molecule has 3 rings (SSSR count). The second kappa shape index (κ2) is 7.38. The van der Waals surface area contributed by atoms with E-state index < -0.39 is 5.97 Å². The zero-order chi connectivity index (χ0) is 17.8. The van der Waals surface area contributed by atoms with Gasteiger partial charge >= 0.3 is 5.97 Å². The summed E-state index contributed by atoms with van der Waals surface area (Å²) in [5.41, 5.74) is 2.53. The van der Waals surface area contributed by atoms with Crippen molar-refractivity contribution in [3.05, 3.63) is 59.7 Å². The molecule has 0 aromatic heterocycles. The van der Waals surface area contributed by atoms with Crippen molar-refractivity contribution in [1.82, 2.24) is 0 Å². The van der Waals surface area contributed by atoms with Crippen molar-refractivity contribution in [2.45, 2.75) is 26.3 Å². The molecule has 0 bridgehead atoms. The van der Waals surface area contributed by atoms with Crippen LogP contribution in [-0.4, -0.2) is 31.1 Å². The quantitative estimate of drug-likeness (QED) is 0.785. The lowest BCUT2D eigenvalue weighted by Gasteiger charge is -2.22. The second-order valence-corrected chi connectivity index (χ2v) is 5.98. The fourth-order valence-corrected chi connectivity index (χ4v) is 3.09. The van der Waals surface area contributed by atoms with Crippen LogP contribution in [0.25, 0.3) is 0 Å². The number of anilines is 1. The highest BCUT2D eigenvalue weighted by Gasteiger charge is 2.30. The maximum Gasteiger partial charge on any atom is 0.338 e. The van der Waals surface area contributed by atoms with Crippen LogP contribution in [0.2, 0.25) is 0 Å². The Bertz CT molecular complexity index is 787. The first kappa shape index (κ1) is 17.0. The van der Waals surface area contributed by atoms with Gasteiger partial charge < -0.3 is 14.4 Å². The summed E-state index contributed by atoms with van der Waals surface area (Å²) < 4.78 is 10.6. The van der Waals surface area contributed by atoms with Crippen molar-refractivity contribution >= 4 is 17.6 Å². The summed E-state index contributed by atoms with van der Waals surface area (Å²) >= 11 is 0. The molecule has 0 aliphatic carbocycles. The van der Waals surface area contributed by atoms with Gasteiger partial charge in [0.25, 0.3) is 5.91 Å². The van der Waals surface area contributed by atoms with Crippen molar-refractivity contribution in [1.29, 1.82) is 0 Å². The number of ether oxygens (including phenoxy) is 2. The van der Waals surface area contributed by atoms with E-state index >= 15 is 0 Å². The lowest BCUT2D eigenvalue weighted by molar-refractivity contribution is -0.120. The van der Waals surface area contributed by atoms with Gasteiger partial charge in [-0.3, -0.25) is 4.79 Å². The summed E-state index contributed by atoms with van der Waals surface area (Å²) in [6.07, 6.45) is 0.847. The number of carbonyl (C=O) groups excluding carboxylic acids is 2. The fraction of sp³-hybridized carbons (Fsp3) is 0.300. The Kier molecular flexibility index (Phi) is 5.03. The average Bonchev–Trinajstić information content (AvgIpc) is 2.96. The van der Waals surface area contributed by atoms with Crippen molar-refractivity contribution in [2.75, 3.05) is 18.1 Å². The number of esters is 1. The Morgan fingerprint density at radius 1 is 1.16 bits per heavy atom. The summed E-state index contributed by atoms with van der Waals surface area (Å²) in [6.45, 7) is 4.02. The maximum absolute atomic E-state index is 12.6. The standard InChI is InChI=1S/C20H21NO4/c1-3-24-20(23)16-8-6-9-17(12-16)25-13-19(22)21-14(2)11-15-7-4-5-10-18(15)21/h4-10,12,14H,3,11,13H2,1-2H3/t14-/m0/s1. The second-order valence-electron chi connectivity index (χ2n) is 5.98. The SMILES string of the molecule is CCOC(=O)c1cccc(OCC(=O)N2c3ccccc3C[C@@H]2C)c1. The molecule has 5 heteroatoms. The Morgan fingerprint density at radius 2 is 1.96 bits per heavy atom. The monoisotopic (exact) mass is 339 g/mol. The summed E-state index contributed by atoms with van der Waals surface area (Å²) in [6, 6.07) is 14.7. The minimum absolute atomic E-state index is 0.0784. The van der Waals surface area contributed by atoms with Crippen LogP contribution >= 0.6 is 0 Å². The first-order valence-electron chi connectivity index (χ1n) is 8.40. The molecule has 0 radical (unpaired) electrons. The van der Waals surface area contributed by atoms with E-state index in [0.717, 1.165) is 12.1 Å². The number of fused-ring (bicyclic) bond motifs is 1. The third kappa shape index (κ3) is 3.65. The summed E-state index contributed by atoms with van der Waals surface area (Å²) in [5, 5.41) is 0. The van der Waals surface area contributed by atoms with Gasteiger partial charge in [0, 0.05) is 11.7 Å². The summed E-state index contributed by atoms with van der Waals surface area (Å²) in [5.74, 6) is -0.0283. The van der Waals surface area contributed by atoms with Crippen molar-refractivity contribution in [3.8, 4) is 5.75 Å². The molecule has 5 nitrogen and oxygen atoms in total. The Morgan fingerprint density at radius 3 is 2.76 bits per heavy atom. The number of carbonyl (C=O) groups is 2. The fourth-order valence-electron chi connectivity index (χ4n) is 3.09. The molecule has 130 valence electrons. The average molecular weight is 339 g/mol. The molecule has 0 fully saturated rings. The van der Waals surface area contributed by atoms with E-state index in [1.54, 1.807) is 36.1 Å². The van der Waals surface area contributed by atoms with Crippen LogP contribution in [0.4, 0.5) is 5.69 Å². The van der Waals surface area contributed by atoms with Crippen molar-refractivity contribution in [3.63, 3.8) is 0 Å². The number of para-hydroxylation sites is 1. The van der Waals surface area contributed by atoms with Gasteiger partial charge in [-0.25, -0.2) is 4.79 Å². The van der Waals surface area contributed by atoms with E-state index in [1.165, 1.54) is 5.56 Å². The number of nitrogens with zero attached hydrogens (tertiary/aromatic N) is 1. The normalized spacial score (nSPS) is 15.6. The molecule has 0 spiro atoms. The first-order chi connectivity index (χ1) is 12.1. The van der Waals surface area contributed by atoms with Crippen LogP contribution in [-0.2, 0) is 16.0 Å². The Balaban J connectivity index is 1.67. The third-order valence-corrected chi connectivity index (χ3v) is 4.18. The minimum Gasteiger partial charge on any atom is -0.484 e. The van der Waals surface area contributed by atoms with Gasteiger partial charge in [-0.1, -0.05) is 24.3 Å². The molecule has 1 aliphatic rings. The highest BCUT2D eigenvalue weighted by Crippen LogP contribution is 2.31. The molecule has 0 unspecified atom stereocenters. The number of benzene rings is 2. The van der Waals surface area contributed by atoms with Gasteiger partial charge in [0.1, 0.15) is 5.75 Å². The van der Waals surface area contributed by atoms with Gasteiger partial charge in [-0.15, -0.1) is 0 Å². The molecule has 0 saturated heterocycles. The van der Waals surface area contributed by atoms with E-state index in [4.69, 9.17) is 9.47 Å². The molecule has 0 N–H and O–H groups in total. The van der Waals surface area contributed by atoms with E-state index in [1.807, 2.05) is 31.2 Å². The highest BCUT2D eigenvalue weighted by molar-refractivity contribution is 5.97. The Hall–Kier alpha value is -2.82. The number of amides is 1. The van der Waals surface area contributed by atoms with Gasteiger partial charge in [0.2, 0.25) is 0 Å². The zero-order valence-electron chi connectivity index (χ0n) is 14.4. The predicted octanol–water partition coefficient (Wildman–Crippen LogP) is 3.22. The molecule has 2 aromatic rings. The minimum atomic E-state index is -0.402. The van der Waals surface area contributed by atoms with Crippen LogP contribution in [0.15, 0.2) is 48.5 Å². The van der Waals surface area contributed by atoms with Crippen molar-refractivity contribution < 1.29 is 19.1 Å². The van der Waals surface area contributed by atoms with Crippen molar-refractivity contribution in [2.24, 2.45) is 0 Å². The van der Waals surface area contributed by atoms with Gasteiger partial charge in [-0.05, 0) is 50.1 Å². The summed E-state index contributed by atoms with van der Waals surface area (Å²) in [4.78, 5) is 26.2. The molecule has 2 aromatic carbocycles. The van der Waals surface area contributed by atoms with Gasteiger partial charge in [0.05, 0.1) is 12.2 Å². The first-order valence-corrected chi connectivity index (χ1v) is 8.40. The molecule has 1 heterocycles. The van der Waals surface area contributed by atoms with Crippen LogP contribution in [0.5, 0.6) is 5.75 Å². The van der Waals surface area contributed by atoms with Gasteiger partial charge in [-0.2, -0.15) is 0 Å². The lowest BCUT2D eigenvalue weighted by Crippen LogP contribution is -2.39. The highest BCUT2D eigenvalue weighted by atomic mass is 16.5. The number of rotatable bonds is 5. The van der Waals surface area contributed by atoms with Crippen LogP contribution in [0.3, 0.4) is 0 Å². The van der Waals surface area contributed by atoms with E-state index in [0.29, 0.717) is 17.9 Å².